The first kappa shape index (κ1) is 12.0. The lowest BCUT2D eigenvalue weighted by Crippen LogP contribution is -2.39. The Morgan fingerprint density at radius 1 is 1.35 bits per heavy atom. The fraction of sp³-hybridized carbons (Fsp3) is 0.500. The molecule has 2 heterocycles. The van der Waals surface area contributed by atoms with Crippen molar-refractivity contribution in [2.24, 2.45) is 0 Å². The number of sulfonamides is 1. The molecule has 0 radical (unpaired) electrons. The van der Waals surface area contributed by atoms with Crippen molar-refractivity contribution in [1.82, 2.24) is 20.0 Å². The van der Waals surface area contributed by atoms with Gasteiger partial charge in [0.05, 0.1) is 0 Å². The normalized spacial score (nSPS) is 20.6. The minimum Gasteiger partial charge on any atom is -0.315 e. The Bertz CT molecular complexity index is 611. The second-order valence-electron chi connectivity index (χ2n) is 3.75. The predicted molar refractivity (Wildman–Crippen MR) is 59.3 cm³/mol. The van der Waals surface area contributed by atoms with Crippen LogP contribution in [0.15, 0.2) is 20.7 Å². The summed E-state index contributed by atoms with van der Waals surface area (Å²) >= 11 is 0. The third kappa shape index (κ3) is 2.62. The Balaban J connectivity index is 2.31. The number of nitrogens with one attached hydrogen (secondary N) is 4. The topological polar surface area (TPSA) is 124 Å². The van der Waals surface area contributed by atoms with Gasteiger partial charge in [0, 0.05) is 18.8 Å². The van der Waals surface area contributed by atoms with Crippen molar-refractivity contribution in [3.05, 3.63) is 27.0 Å². The smallest absolute Gasteiger partial charge is 0.315 e. The lowest BCUT2D eigenvalue weighted by atomic mass is 10.3. The van der Waals surface area contributed by atoms with Crippen LogP contribution in [0.25, 0.3) is 0 Å². The summed E-state index contributed by atoms with van der Waals surface area (Å²) in [5.74, 6) is 0. The molecule has 8 nitrogen and oxygen atoms in total. The summed E-state index contributed by atoms with van der Waals surface area (Å²) in [4.78, 5) is 25.6. The maximum Gasteiger partial charge on any atom is 0.325 e. The van der Waals surface area contributed by atoms with E-state index in [2.05, 4.69) is 15.0 Å². The van der Waals surface area contributed by atoms with E-state index >= 15 is 0 Å². The van der Waals surface area contributed by atoms with Gasteiger partial charge in [-0.05, 0) is 13.0 Å². The van der Waals surface area contributed by atoms with Crippen LogP contribution in [0, 0.1) is 0 Å². The van der Waals surface area contributed by atoms with Crippen LogP contribution in [0.2, 0.25) is 0 Å². The van der Waals surface area contributed by atoms with Crippen LogP contribution in [0.1, 0.15) is 6.42 Å². The molecule has 0 unspecified atom stereocenters. The molecule has 0 spiro atoms. The molecule has 1 atom stereocenters. The largest absolute Gasteiger partial charge is 0.325 e. The monoisotopic (exact) mass is 260 g/mol. The molecule has 1 aromatic heterocycles. The molecule has 0 amide bonds. The Kier molecular flexibility index (Phi) is 3.13. The molecule has 1 saturated heterocycles. The zero-order chi connectivity index (χ0) is 12.5. The molecule has 4 N–H and O–H groups in total. The standard InChI is InChI=1S/C8H12N4O4S/c13-7-6(4-10-8(14)11-7)17(15,16)12-5-1-2-9-3-5/h4-5,9,12H,1-3H2,(H2,10,11,13,14)/t5-/m1/s1. The molecule has 94 valence electrons. The van der Waals surface area contributed by atoms with Gasteiger partial charge in [-0.15, -0.1) is 0 Å². The number of hydrogen-bond acceptors (Lipinski definition) is 5. The van der Waals surface area contributed by atoms with E-state index in [-0.39, 0.29) is 6.04 Å². The minimum atomic E-state index is -3.90. The summed E-state index contributed by atoms with van der Waals surface area (Å²) in [7, 11) is -3.90. The molecule has 2 rings (SSSR count). The maximum absolute atomic E-state index is 11.8. The van der Waals surface area contributed by atoms with Crippen LogP contribution < -0.4 is 21.3 Å². The summed E-state index contributed by atoms with van der Waals surface area (Å²) in [6.07, 6.45) is 1.56. The molecule has 17 heavy (non-hydrogen) atoms. The van der Waals surface area contributed by atoms with Crippen molar-refractivity contribution in [1.29, 1.82) is 0 Å². The summed E-state index contributed by atoms with van der Waals surface area (Å²) in [6, 6.07) is -0.230. The fourth-order valence-corrected chi connectivity index (χ4v) is 2.91. The van der Waals surface area contributed by atoms with Crippen molar-refractivity contribution in [2.45, 2.75) is 17.4 Å². The molecule has 1 aliphatic heterocycles. The quantitative estimate of drug-likeness (QED) is 0.486. The van der Waals surface area contributed by atoms with Crippen molar-refractivity contribution in [3.63, 3.8) is 0 Å². The second kappa shape index (κ2) is 4.43. The Labute approximate surface area is 96.5 Å². The molecule has 1 fully saturated rings. The highest BCUT2D eigenvalue weighted by Gasteiger charge is 2.24. The third-order valence-electron chi connectivity index (χ3n) is 2.46. The zero-order valence-electron chi connectivity index (χ0n) is 8.82. The van der Waals surface area contributed by atoms with Gasteiger partial charge in [-0.3, -0.25) is 9.78 Å². The van der Waals surface area contributed by atoms with Crippen molar-refractivity contribution >= 4 is 10.0 Å². The highest BCUT2D eigenvalue weighted by molar-refractivity contribution is 7.89. The summed E-state index contributed by atoms with van der Waals surface area (Å²) in [5.41, 5.74) is -1.66. The first-order valence-corrected chi connectivity index (χ1v) is 6.52. The first-order valence-electron chi connectivity index (χ1n) is 5.04. The highest BCUT2D eigenvalue weighted by Crippen LogP contribution is 2.04. The average Bonchev–Trinajstić information content (AvgIpc) is 2.68. The van der Waals surface area contributed by atoms with Crippen LogP contribution in [-0.4, -0.2) is 37.5 Å². The van der Waals surface area contributed by atoms with Crippen molar-refractivity contribution in [3.8, 4) is 0 Å². The van der Waals surface area contributed by atoms with Crippen molar-refractivity contribution < 1.29 is 8.42 Å². The number of aromatic nitrogens is 2. The lowest BCUT2D eigenvalue weighted by molar-refractivity contribution is 0.558. The summed E-state index contributed by atoms with van der Waals surface area (Å²) in [6.45, 7) is 1.26. The lowest BCUT2D eigenvalue weighted by Gasteiger charge is -2.10. The Morgan fingerprint density at radius 2 is 2.12 bits per heavy atom. The molecule has 1 aromatic rings. The minimum absolute atomic E-state index is 0.230. The number of hydrogen-bond donors (Lipinski definition) is 4. The van der Waals surface area contributed by atoms with Crippen LogP contribution in [0.5, 0.6) is 0 Å². The fourth-order valence-electron chi connectivity index (χ4n) is 1.64. The van der Waals surface area contributed by atoms with Gasteiger partial charge in [0.1, 0.15) is 0 Å². The van der Waals surface area contributed by atoms with Gasteiger partial charge in [-0.25, -0.2) is 17.9 Å². The zero-order valence-corrected chi connectivity index (χ0v) is 9.63. The molecular formula is C8H12N4O4S. The summed E-state index contributed by atoms with van der Waals surface area (Å²) in [5, 5.41) is 3.00. The van der Waals surface area contributed by atoms with Gasteiger partial charge in [-0.1, -0.05) is 0 Å². The van der Waals surface area contributed by atoms with E-state index in [0.717, 1.165) is 12.7 Å². The van der Waals surface area contributed by atoms with E-state index in [9.17, 15) is 18.0 Å². The Morgan fingerprint density at radius 3 is 2.71 bits per heavy atom. The third-order valence-corrected chi connectivity index (χ3v) is 3.98. The van der Waals surface area contributed by atoms with Crippen molar-refractivity contribution in [2.75, 3.05) is 13.1 Å². The maximum atomic E-state index is 11.8. The SMILES string of the molecule is O=c1[nH]cc(S(=O)(=O)N[C@@H]2CCNC2)c(=O)[nH]1. The highest BCUT2D eigenvalue weighted by atomic mass is 32.2. The predicted octanol–water partition coefficient (Wildman–Crippen LogP) is -2.30. The number of rotatable bonds is 3. The van der Waals surface area contributed by atoms with E-state index < -0.39 is 26.2 Å². The van der Waals surface area contributed by atoms with E-state index in [1.807, 2.05) is 4.98 Å². The molecule has 0 aliphatic carbocycles. The molecule has 0 bridgehead atoms. The van der Waals surface area contributed by atoms with Crippen LogP contribution >= 0.6 is 0 Å². The van der Waals surface area contributed by atoms with Gasteiger partial charge in [0.15, 0.2) is 4.90 Å². The second-order valence-corrected chi connectivity index (χ2v) is 5.43. The molecule has 1 aliphatic rings. The van der Waals surface area contributed by atoms with E-state index in [1.165, 1.54) is 0 Å². The van der Waals surface area contributed by atoms with Crippen LogP contribution in [-0.2, 0) is 10.0 Å². The Hall–Kier alpha value is -1.45. The van der Waals surface area contributed by atoms with Gasteiger partial charge >= 0.3 is 5.69 Å². The molecule has 0 aromatic carbocycles. The van der Waals surface area contributed by atoms with Crippen LogP contribution in [0.3, 0.4) is 0 Å². The molecular weight excluding hydrogens is 248 g/mol. The van der Waals surface area contributed by atoms with E-state index in [1.54, 1.807) is 0 Å². The van der Waals surface area contributed by atoms with E-state index in [0.29, 0.717) is 13.0 Å². The first-order chi connectivity index (χ1) is 7.99. The average molecular weight is 260 g/mol. The van der Waals surface area contributed by atoms with Gasteiger partial charge < -0.3 is 10.3 Å². The van der Waals surface area contributed by atoms with Gasteiger partial charge in [-0.2, -0.15) is 0 Å². The van der Waals surface area contributed by atoms with Crippen LogP contribution in [0.4, 0.5) is 0 Å². The molecule has 0 saturated carbocycles. The number of H-pyrrole nitrogens is 2. The van der Waals surface area contributed by atoms with Gasteiger partial charge in [0.2, 0.25) is 10.0 Å². The number of aromatic amines is 2. The van der Waals surface area contributed by atoms with E-state index in [4.69, 9.17) is 0 Å². The molecule has 9 heteroatoms. The van der Waals surface area contributed by atoms with Gasteiger partial charge in [0.25, 0.3) is 5.56 Å². The summed E-state index contributed by atoms with van der Waals surface area (Å²) < 4.78 is 26.1.